The first-order valence-corrected chi connectivity index (χ1v) is 9.10. The zero-order valence-corrected chi connectivity index (χ0v) is 14.8. The largest absolute Gasteiger partial charge is 0.342 e. The molecule has 0 unspecified atom stereocenters. The van der Waals surface area contributed by atoms with Gasteiger partial charge in [0.25, 0.3) is 5.56 Å². The van der Waals surface area contributed by atoms with Crippen molar-refractivity contribution in [2.75, 3.05) is 13.1 Å². The summed E-state index contributed by atoms with van der Waals surface area (Å²) in [5.74, 6) is -0.276. The monoisotopic (exact) mass is 365 g/mol. The summed E-state index contributed by atoms with van der Waals surface area (Å²) in [7, 11) is 0. The van der Waals surface area contributed by atoms with Gasteiger partial charge in [-0.2, -0.15) is 0 Å². The van der Waals surface area contributed by atoms with Crippen LogP contribution < -0.4 is 5.56 Å². The second-order valence-corrected chi connectivity index (χ2v) is 6.98. The number of pyridine rings is 2. The number of fused-ring (bicyclic) bond motifs is 1. The van der Waals surface area contributed by atoms with Gasteiger partial charge in [0, 0.05) is 36.3 Å². The number of carbonyl (C=O) groups is 1. The molecule has 1 saturated heterocycles. The van der Waals surface area contributed by atoms with Crippen molar-refractivity contribution in [2.45, 2.75) is 25.2 Å². The van der Waals surface area contributed by atoms with Crippen molar-refractivity contribution in [3.8, 4) is 0 Å². The molecule has 1 fully saturated rings. The lowest BCUT2D eigenvalue weighted by Gasteiger charge is -2.33. The van der Waals surface area contributed by atoms with E-state index in [9.17, 15) is 14.0 Å². The van der Waals surface area contributed by atoms with Gasteiger partial charge < -0.3 is 9.88 Å². The molecular weight excluding hydrogens is 345 g/mol. The average Bonchev–Trinajstić information content (AvgIpc) is 2.68. The number of benzene rings is 1. The molecule has 1 amide bonds. The minimum absolute atomic E-state index is 0.0184. The zero-order chi connectivity index (χ0) is 18.8. The topological polar surface area (TPSA) is 66.1 Å². The number of H-pyrrole nitrogens is 1. The minimum Gasteiger partial charge on any atom is -0.342 e. The summed E-state index contributed by atoms with van der Waals surface area (Å²) in [5.41, 5.74) is 1.73. The maximum atomic E-state index is 13.3. The summed E-state index contributed by atoms with van der Waals surface area (Å²) < 4.78 is 13.3. The highest BCUT2D eigenvalue weighted by Crippen LogP contribution is 2.26. The fourth-order valence-electron chi connectivity index (χ4n) is 3.73. The summed E-state index contributed by atoms with van der Waals surface area (Å²) in [6.45, 7) is 1.24. The Morgan fingerprint density at radius 1 is 1.26 bits per heavy atom. The lowest BCUT2D eigenvalue weighted by molar-refractivity contribution is -0.131. The molecule has 138 valence electrons. The Bertz CT molecular complexity index is 1050. The van der Waals surface area contributed by atoms with Crippen molar-refractivity contribution in [1.29, 1.82) is 0 Å². The molecular formula is C21H20FN3O2. The van der Waals surface area contributed by atoms with Gasteiger partial charge in [0.15, 0.2) is 0 Å². The number of nitrogens with zero attached hydrogens (tertiary/aromatic N) is 2. The first-order valence-electron chi connectivity index (χ1n) is 9.10. The molecule has 0 radical (unpaired) electrons. The van der Waals surface area contributed by atoms with E-state index in [0.29, 0.717) is 24.2 Å². The van der Waals surface area contributed by atoms with Gasteiger partial charge in [-0.3, -0.25) is 14.6 Å². The third kappa shape index (κ3) is 3.74. The van der Waals surface area contributed by atoms with E-state index in [4.69, 9.17) is 0 Å². The van der Waals surface area contributed by atoms with E-state index in [1.165, 1.54) is 12.1 Å². The Morgan fingerprint density at radius 2 is 2.15 bits per heavy atom. The number of amides is 1. The molecule has 3 heterocycles. The standard InChI is InChI=1S/C21H20FN3O2/c22-17-7-1-4-14(10-17)11-19(26)25-9-3-6-16(13-25)18-12-15-5-2-8-23-20(15)21(27)24-18/h1-2,4-5,7-8,10,12,16H,3,6,9,11,13H2,(H,24,27)/t16-/m0/s1. The van der Waals surface area contributed by atoms with Gasteiger partial charge in [0.2, 0.25) is 5.91 Å². The van der Waals surface area contributed by atoms with Gasteiger partial charge in [-0.1, -0.05) is 18.2 Å². The Balaban J connectivity index is 1.52. The van der Waals surface area contributed by atoms with Crippen LogP contribution in [0, 0.1) is 5.82 Å². The molecule has 0 aliphatic carbocycles. The van der Waals surface area contributed by atoms with Crippen LogP contribution in [-0.4, -0.2) is 33.9 Å². The second kappa shape index (κ2) is 7.31. The van der Waals surface area contributed by atoms with Gasteiger partial charge in [0.05, 0.1) is 6.42 Å². The highest BCUT2D eigenvalue weighted by atomic mass is 19.1. The molecule has 2 aromatic heterocycles. The van der Waals surface area contributed by atoms with Crippen LogP contribution in [0.4, 0.5) is 4.39 Å². The molecule has 0 spiro atoms. The average molecular weight is 365 g/mol. The first-order chi connectivity index (χ1) is 13.1. The summed E-state index contributed by atoms with van der Waals surface area (Å²) in [6, 6.07) is 11.8. The number of halogens is 1. The third-order valence-corrected chi connectivity index (χ3v) is 5.08. The van der Waals surface area contributed by atoms with Crippen LogP contribution in [-0.2, 0) is 11.2 Å². The smallest absolute Gasteiger partial charge is 0.274 e. The predicted octanol–water partition coefficient (Wildman–Crippen LogP) is 3.01. The van der Waals surface area contributed by atoms with Crippen LogP contribution in [0.15, 0.2) is 53.5 Å². The number of aromatic nitrogens is 2. The van der Waals surface area contributed by atoms with Crippen molar-refractivity contribution in [3.63, 3.8) is 0 Å². The van der Waals surface area contributed by atoms with E-state index in [1.54, 1.807) is 24.4 Å². The van der Waals surface area contributed by atoms with Crippen molar-refractivity contribution in [2.24, 2.45) is 0 Å². The van der Waals surface area contributed by atoms with Crippen LogP contribution in [0.3, 0.4) is 0 Å². The Morgan fingerprint density at radius 3 is 3.00 bits per heavy atom. The van der Waals surface area contributed by atoms with E-state index in [-0.39, 0.29) is 29.6 Å². The van der Waals surface area contributed by atoms with Gasteiger partial charge in [-0.05, 0) is 42.7 Å². The first kappa shape index (κ1) is 17.4. The lowest BCUT2D eigenvalue weighted by Crippen LogP contribution is -2.40. The fraction of sp³-hybridized carbons (Fsp3) is 0.286. The number of aromatic amines is 1. The molecule has 6 heteroatoms. The van der Waals surface area contributed by atoms with E-state index in [0.717, 1.165) is 23.9 Å². The van der Waals surface area contributed by atoms with Gasteiger partial charge >= 0.3 is 0 Å². The molecule has 4 rings (SSSR count). The van der Waals surface area contributed by atoms with E-state index >= 15 is 0 Å². The van der Waals surface area contributed by atoms with Crippen LogP contribution in [0.1, 0.15) is 30.0 Å². The minimum atomic E-state index is -0.334. The normalized spacial score (nSPS) is 17.2. The molecule has 0 saturated carbocycles. The molecule has 1 aliphatic rings. The summed E-state index contributed by atoms with van der Waals surface area (Å²) in [4.78, 5) is 33.8. The number of nitrogens with one attached hydrogen (secondary N) is 1. The molecule has 27 heavy (non-hydrogen) atoms. The Labute approximate surface area is 155 Å². The third-order valence-electron chi connectivity index (χ3n) is 5.08. The Kier molecular flexibility index (Phi) is 4.71. The van der Waals surface area contributed by atoms with Crippen molar-refractivity contribution >= 4 is 16.8 Å². The Hall–Kier alpha value is -3.02. The molecule has 5 nitrogen and oxygen atoms in total. The summed E-state index contributed by atoms with van der Waals surface area (Å²) in [6.07, 6.45) is 3.56. The van der Waals surface area contributed by atoms with Crippen molar-refractivity contribution in [3.05, 3.63) is 76.1 Å². The molecule has 1 atom stereocenters. The fourth-order valence-corrected chi connectivity index (χ4v) is 3.73. The predicted molar refractivity (Wildman–Crippen MR) is 101 cm³/mol. The number of hydrogen-bond acceptors (Lipinski definition) is 3. The molecule has 3 aromatic rings. The summed E-state index contributed by atoms with van der Waals surface area (Å²) in [5, 5.41) is 0.805. The van der Waals surface area contributed by atoms with Crippen LogP contribution >= 0.6 is 0 Å². The van der Waals surface area contributed by atoms with Gasteiger partial charge in [0.1, 0.15) is 11.3 Å². The molecule has 1 aliphatic heterocycles. The highest BCUT2D eigenvalue weighted by Gasteiger charge is 2.25. The van der Waals surface area contributed by atoms with Crippen LogP contribution in [0.5, 0.6) is 0 Å². The highest BCUT2D eigenvalue weighted by molar-refractivity contribution is 5.79. The second-order valence-electron chi connectivity index (χ2n) is 6.98. The number of likely N-dealkylation sites (tertiary alicyclic amines) is 1. The molecule has 1 N–H and O–H groups in total. The van der Waals surface area contributed by atoms with Crippen molar-refractivity contribution < 1.29 is 9.18 Å². The lowest BCUT2D eigenvalue weighted by atomic mass is 9.93. The van der Waals surface area contributed by atoms with E-state index < -0.39 is 0 Å². The van der Waals surface area contributed by atoms with E-state index in [1.807, 2.05) is 17.0 Å². The maximum Gasteiger partial charge on any atom is 0.274 e. The SMILES string of the molecule is O=C(Cc1cccc(F)c1)N1CCC[C@H](c2cc3cccnc3c(=O)[nH]2)C1. The zero-order valence-electron chi connectivity index (χ0n) is 14.8. The number of carbonyl (C=O) groups excluding carboxylic acids is 1. The van der Waals surface area contributed by atoms with Crippen LogP contribution in [0.2, 0.25) is 0 Å². The number of piperidine rings is 1. The van der Waals surface area contributed by atoms with E-state index in [2.05, 4.69) is 9.97 Å². The van der Waals surface area contributed by atoms with Crippen molar-refractivity contribution in [1.82, 2.24) is 14.9 Å². The number of rotatable bonds is 3. The van der Waals surface area contributed by atoms with Gasteiger partial charge in [-0.25, -0.2) is 4.39 Å². The number of hydrogen-bond donors (Lipinski definition) is 1. The van der Waals surface area contributed by atoms with Gasteiger partial charge in [-0.15, -0.1) is 0 Å². The maximum absolute atomic E-state index is 13.3. The summed E-state index contributed by atoms with van der Waals surface area (Å²) >= 11 is 0. The quantitative estimate of drug-likeness (QED) is 0.776. The molecule has 1 aromatic carbocycles. The van der Waals surface area contributed by atoms with Crippen LogP contribution in [0.25, 0.3) is 10.9 Å². The molecule has 0 bridgehead atoms.